The molecule has 0 spiro atoms. The van der Waals surface area contributed by atoms with Crippen LogP contribution in [-0.4, -0.2) is 15.8 Å². The number of aromatic nitrogens is 2. The third kappa shape index (κ3) is 1.63. The summed E-state index contributed by atoms with van der Waals surface area (Å²) in [6.07, 6.45) is 2.00. The summed E-state index contributed by atoms with van der Waals surface area (Å²) >= 11 is 5.99. The molecule has 3 nitrogen and oxygen atoms in total. The number of nitrogens with zero attached hydrogens (tertiary/aromatic N) is 1. The van der Waals surface area contributed by atoms with Crippen LogP contribution >= 0.6 is 11.6 Å². The van der Waals surface area contributed by atoms with Gasteiger partial charge in [-0.1, -0.05) is 11.6 Å². The summed E-state index contributed by atoms with van der Waals surface area (Å²) in [6.45, 7) is 1.56. The van der Waals surface area contributed by atoms with Crippen LogP contribution in [0.2, 0.25) is 5.02 Å². The molecular formula is C10H9ClN2O. The predicted molar refractivity (Wildman–Crippen MR) is 55.5 cm³/mol. The second-order valence-electron chi connectivity index (χ2n) is 3.26. The number of carbonyl (C=O) groups excluding carboxylic acids is 1. The molecule has 2 rings (SSSR count). The molecule has 4 heteroatoms. The Hall–Kier alpha value is -1.35. The lowest BCUT2D eigenvalue weighted by atomic mass is 10.1. The van der Waals surface area contributed by atoms with E-state index in [4.69, 9.17) is 11.6 Å². The summed E-state index contributed by atoms with van der Waals surface area (Å²) in [5, 5.41) is 0.583. The molecule has 1 heterocycles. The Morgan fingerprint density at radius 1 is 1.57 bits per heavy atom. The van der Waals surface area contributed by atoms with E-state index in [2.05, 4.69) is 9.97 Å². The number of hydrogen-bond acceptors (Lipinski definition) is 2. The molecule has 0 unspecified atom stereocenters. The van der Waals surface area contributed by atoms with Crippen LogP contribution in [0.1, 0.15) is 12.5 Å². The first-order valence-electron chi connectivity index (χ1n) is 4.28. The van der Waals surface area contributed by atoms with E-state index in [9.17, 15) is 4.79 Å². The Labute approximate surface area is 86.1 Å². The number of Topliss-reactive ketones (excluding diaryl/α,β-unsaturated/α-hetero) is 1. The molecule has 0 radical (unpaired) electrons. The van der Waals surface area contributed by atoms with Gasteiger partial charge in [0, 0.05) is 6.42 Å². The van der Waals surface area contributed by atoms with E-state index in [1.165, 1.54) is 0 Å². The molecule has 1 aromatic heterocycles. The molecule has 14 heavy (non-hydrogen) atoms. The average Bonchev–Trinajstić information content (AvgIpc) is 2.50. The van der Waals surface area contributed by atoms with E-state index in [1.807, 2.05) is 6.07 Å². The molecule has 0 fully saturated rings. The van der Waals surface area contributed by atoms with Crippen molar-refractivity contribution in [3.63, 3.8) is 0 Å². The second-order valence-corrected chi connectivity index (χ2v) is 3.66. The van der Waals surface area contributed by atoms with Crippen molar-refractivity contribution < 1.29 is 4.79 Å². The summed E-state index contributed by atoms with van der Waals surface area (Å²) in [5.41, 5.74) is 2.53. The summed E-state index contributed by atoms with van der Waals surface area (Å²) in [6, 6.07) is 3.68. The first-order chi connectivity index (χ1) is 6.66. The number of H-pyrrole nitrogens is 1. The van der Waals surface area contributed by atoms with Crippen LogP contribution in [0, 0.1) is 0 Å². The van der Waals surface area contributed by atoms with E-state index in [0.717, 1.165) is 16.6 Å². The molecule has 0 bridgehead atoms. The van der Waals surface area contributed by atoms with E-state index < -0.39 is 0 Å². The standard InChI is InChI=1S/C10H9ClN2O/c1-6(14)2-7-3-8(11)10-9(4-7)12-5-13-10/h3-5H,2H2,1H3,(H,12,13). The number of ketones is 1. The molecule has 0 aliphatic rings. The number of aromatic amines is 1. The van der Waals surface area contributed by atoms with Gasteiger partial charge in [0.25, 0.3) is 0 Å². The number of benzene rings is 1. The van der Waals surface area contributed by atoms with E-state index in [0.29, 0.717) is 11.4 Å². The van der Waals surface area contributed by atoms with E-state index >= 15 is 0 Å². The lowest BCUT2D eigenvalue weighted by Gasteiger charge is -1.99. The van der Waals surface area contributed by atoms with Crippen molar-refractivity contribution in [2.24, 2.45) is 0 Å². The van der Waals surface area contributed by atoms with Crippen LogP contribution in [0.5, 0.6) is 0 Å². The molecule has 0 aliphatic heterocycles. The first-order valence-corrected chi connectivity index (χ1v) is 4.65. The fourth-order valence-electron chi connectivity index (χ4n) is 1.45. The maximum Gasteiger partial charge on any atom is 0.134 e. The molecule has 1 N–H and O–H groups in total. The molecule has 72 valence electrons. The van der Waals surface area contributed by atoms with Crippen molar-refractivity contribution in [3.05, 3.63) is 29.0 Å². The normalized spacial score (nSPS) is 10.7. The molecule has 0 amide bonds. The van der Waals surface area contributed by atoms with Crippen molar-refractivity contribution in [3.8, 4) is 0 Å². The van der Waals surface area contributed by atoms with Crippen LogP contribution in [-0.2, 0) is 11.2 Å². The van der Waals surface area contributed by atoms with Gasteiger partial charge in [-0.05, 0) is 24.6 Å². The molecule has 0 saturated heterocycles. The third-order valence-electron chi connectivity index (χ3n) is 1.99. The van der Waals surface area contributed by atoms with Crippen molar-refractivity contribution in [2.75, 3.05) is 0 Å². The Balaban J connectivity index is 2.53. The highest BCUT2D eigenvalue weighted by molar-refractivity contribution is 6.35. The maximum atomic E-state index is 10.9. The highest BCUT2D eigenvalue weighted by Crippen LogP contribution is 2.22. The van der Waals surface area contributed by atoms with Crippen molar-refractivity contribution >= 4 is 28.4 Å². The number of fused-ring (bicyclic) bond motifs is 1. The quantitative estimate of drug-likeness (QED) is 0.824. The maximum absolute atomic E-state index is 10.9. The SMILES string of the molecule is CC(=O)Cc1cc(Cl)c2nc[nH]c2c1. The van der Waals surface area contributed by atoms with Gasteiger partial charge in [0.05, 0.1) is 16.9 Å². The molecule has 1 aromatic carbocycles. The zero-order chi connectivity index (χ0) is 10.1. The van der Waals surface area contributed by atoms with Crippen LogP contribution in [0.25, 0.3) is 11.0 Å². The topological polar surface area (TPSA) is 45.8 Å². The number of imidazole rings is 1. The Kier molecular flexibility index (Phi) is 2.25. The number of carbonyl (C=O) groups is 1. The molecule has 0 aliphatic carbocycles. The van der Waals surface area contributed by atoms with E-state index in [1.54, 1.807) is 19.3 Å². The van der Waals surface area contributed by atoms with Gasteiger partial charge < -0.3 is 4.98 Å². The van der Waals surface area contributed by atoms with E-state index in [-0.39, 0.29) is 5.78 Å². The average molecular weight is 209 g/mol. The summed E-state index contributed by atoms with van der Waals surface area (Å²) < 4.78 is 0. The van der Waals surface area contributed by atoms with Crippen molar-refractivity contribution in [1.29, 1.82) is 0 Å². The number of hydrogen-bond donors (Lipinski definition) is 1. The van der Waals surface area contributed by atoms with Crippen LogP contribution in [0.3, 0.4) is 0 Å². The zero-order valence-electron chi connectivity index (χ0n) is 7.67. The predicted octanol–water partition coefficient (Wildman–Crippen LogP) is 2.35. The second kappa shape index (κ2) is 3.42. The minimum Gasteiger partial charge on any atom is -0.345 e. The number of rotatable bonds is 2. The van der Waals surface area contributed by atoms with Crippen molar-refractivity contribution in [2.45, 2.75) is 13.3 Å². The summed E-state index contributed by atoms with van der Waals surface area (Å²) in [7, 11) is 0. The highest BCUT2D eigenvalue weighted by Gasteiger charge is 2.05. The van der Waals surface area contributed by atoms with Gasteiger partial charge in [-0.2, -0.15) is 0 Å². The molecule has 0 saturated carbocycles. The Morgan fingerprint density at radius 2 is 2.36 bits per heavy atom. The van der Waals surface area contributed by atoms with Gasteiger partial charge >= 0.3 is 0 Å². The first kappa shape index (κ1) is 9.21. The van der Waals surface area contributed by atoms with Gasteiger partial charge in [0.15, 0.2) is 0 Å². The molecule has 2 aromatic rings. The summed E-state index contributed by atoms with van der Waals surface area (Å²) in [5.74, 6) is 0.125. The molecular weight excluding hydrogens is 200 g/mol. The van der Waals surface area contributed by atoms with Gasteiger partial charge in [-0.3, -0.25) is 4.79 Å². The van der Waals surface area contributed by atoms with Gasteiger partial charge in [-0.15, -0.1) is 0 Å². The van der Waals surface area contributed by atoms with Crippen molar-refractivity contribution in [1.82, 2.24) is 9.97 Å². The lowest BCUT2D eigenvalue weighted by molar-refractivity contribution is -0.116. The van der Waals surface area contributed by atoms with Crippen LogP contribution in [0.4, 0.5) is 0 Å². The summed E-state index contributed by atoms with van der Waals surface area (Å²) in [4.78, 5) is 18.0. The van der Waals surface area contributed by atoms with Gasteiger partial charge in [-0.25, -0.2) is 4.98 Å². The van der Waals surface area contributed by atoms with Gasteiger partial charge in [0.1, 0.15) is 11.3 Å². The fourth-order valence-corrected chi connectivity index (χ4v) is 1.74. The monoisotopic (exact) mass is 208 g/mol. The third-order valence-corrected chi connectivity index (χ3v) is 2.28. The van der Waals surface area contributed by atoms with Gasteiger partial charge in [0.2, 0.25) is 0 Å². The Morgan fingerprint density at radius 3 is 3.07 bits per heavy atom. The fraction of sp³-hybridized carbons (Fsp3) is 0.200. The number of nitrogens with one attached hydrogen (secondary N) is 1. The minimum atomic E-state index is 0.125. The highest BCUT2D eigenvalue weighted by atomic mass is 35.5. The van der Waals surface area contributed by atoms with Crippen LogP contribution < -0.4 is 0 Å². The number of halogens is 1. The molecule has 0 atom stereocenters. The smallest absolute Gasteiger partial charge is 0.134 e. The minimum absolute atomic E-state index is 0.125. The Bertz CT molecular complexity index is 490. The largest absolute Gasteiger partial charge is 0.345 e. The zero-order valence-corrected chi connectivity index (χ0v) is 8.43. The lowest BCUT2D eigenvalue weighted by Crippen LogP contribution is -1.96. The van der Waals surface area contributed by atoms with Crippen LogP contribution in [0.15, 0.2) is 18.5 Å².